The molecule has 1 saturated heterocycles. The molecule has 1 aliphatic rings. The van der Waals surface area contributed by atoms with Gasteiger partial charge < -0.3 is 5.11 Å². The molecule has 1 aromatic rings. The van der Waals surface area contributed by atoms with Crippen molar-refractivity contribution in [1.82, 2.24) is 9.99 Å². The molecule has 0 spiro atoms. The van der Waals surface area contributed by atoms with E-state index in [1.165, 1.54) is 30.6 Å². The summed E-state index contributed by atoms with van der Waals surface area (Å²) in [6.07, 6.45) is 3.61. The standard InChI is InChI=1S/C14H23N3O2S/c1-9-6-5-7-10(2)17(9)16-13-15-11(8-20-13)14(3,4)12(18)19/h8-10H,5-7H2,1-4H3,(H,15,16)(H,18,19). The van der Waals surface area contributed by atoms with Gasteiger partial charge in [0, 0.05) is 17.5 Å². The Balaban J connectivity index is 2.11. The van der Waals surface area contributed by atoms with E-state index in [4.69, 9.17) is 0 Å². The Morgan fingerprint density at radius 1 is 1.45 bits per heavy atom. The van der Waals surface area contributed by atoms with E-state index in [2.05, 4.69) is 29.3 Å². The van der Waals surface area contributed by atoms with E-state index in [0.29, 0.717) is 17.8 Å². The number of hydrogen-bond donors (Lipinski definition) is 2. The van der Waals surface area contributed by atoms with Crippen LogP contribution in [0.1, 0.15) is 52.7 Å². The Morgan fingerprint density at radius 2 is 2.05 bits per heavy atom. The number of piperidine rings is 1. The second-order valence-electron chi connectivity index (χ2n) is 6.12. The summed E-state index contributed by atoms with van der Waals surface area (Å²) in [5, 5.41) is 14.1. The van der Waals surface area contributed by atoms with Crippen LogP contribution in [-0.2, 0) is 10.2 Å². The number of nitrogens with zero attached hydrogens (tertiary/aromatic N) is 2. The number of aromatic nitrogens is 1. The van der Waals surface area contributed by atoms with Crippen LogP contribution in [0.25, 0.3) is 0 Å². The monoisotopic (exact) mass is 297 g/mol. The lowest BCUT2D eigenvalue weighted by molar-refractivity contribution is -0.142. The molecule has 112 valence electrons. The summed E-state index contributed by atoms with van der Waals surface area (Å²) in [6.45, 7) is 7.78. The molecule has 0 amide bonds. The first-order valence-electron chi connectivity index (χ1n) is 7.06. The number of carbonyl (C=O) groups is 1. The second-order valence-corrected chi connectivity index (χ2v) is 6.97. The van der Waals surface area contributed by atoms with Gasteiger partial charge in [0.05, 0.1) is 5.69 Å². The Labute approximate surface area is 124 Å². The number of carboxylic acids is 1. The maximum Gasteiger partial charge on any atom is 0.315 e. The Bertz CT molecular complexity index is 477. The van der Waals surface area contributed by atoms with Crippen LogP contribution in [-0.4, -0.2) is 33.2 Å². The molecule has 0 bridgehead atoms. The molecule has 2 atom stereocenters. The highest BCUT2D eigenvalue weighted by Gasteiger charge is 2.33. The van der Waals surface area contributed by atoms with E-state index in [9.17, 15) is 9.90 Å². The van der Waals surface area contributed by atoms with Crippen molar-refractivity contribution in [2.24, 2.45) is 0 Å². The van der Waals surface area contributed by atoms with Gasteiger partial charge in [0.2, 0.25) is 0 Å². The molecule has 2 unspecified atom stereocenters. The molecule has 2 rings (SSSR count). The minimum atomic E-state index is -0.949. The number of hydrazine groups is 1. The van der Waals surface area contributed by atoms with Gasteiger partial charge in [-0.25, -0.2) is 9.99 Å². The highest BCUT2D eigenvalue weighted by Crippen LogP contribution is 2.29. The normalized spacial score (nSPS) is 24.6. The van der Waals surface area contributed by atoms with E-state index in [0.717, 1.165) is 5.13 Å². The van der Waals surface area contributed by atoms with Gasteiger partial charge in [0.15, 0.2) is 5.13 Å². The zero-order valence-electron chi connectivity index (χ0n) is 12.5. The van der Waals surface area contributed by atoms with Crippen molar-refractivity contribution in [2.75, 3.05) is 5.43 Å². The summed E-state index contributed by atoms with van der Waals surface area (Å²) in [7, 11) is 0. The first-order chi connectivity index (χ1) is 9.32. The van der Waals surface area contributed by atoms with E-state index >= 15 is 0 Å². The maximum absolute atomic E-state index is 11.3. The molecule has 0 aliphatic carbocycles. The molecular formula is C14H23N3O2S. The Kier molecular flexibility index (Phi) is 4.34. The molecule has 5 nitrogen and oxygen atoms in total. The van der Waals surface area contributed by atoms with Crippen LogP contribution >= 0.6 is 11.3 Å². The molecule has 1 aromatic heterocycles. The quantitative estimate of drug-likeness (QED) is 0.894. The lowest BCUT2D eigenvalue weighted by Gasteiger charge is -2.38. The number of aliphatic carboxylic acids is 1. The Morgan fingerprint density at radius 3 is 2.60 bits per heavy atom. The van der Waals surface area contributed by atoms with E-state index in [1.807, 2.05) is 5.38 Å². The van der Waals surface area contributed by atoms with Gasteiger partial charge in [0.1, 0.15) is 5.41 Å². The van der Waals surface area contributed by atoms with Gasteiger partial charge >= 0.3 is 5.97 Å². The highest BCUT2D eigenvalue weighted by atomic mass is 32.1. The third-order valence-electron chi connectivity index (χ3n) is 4.10. The summed E-state index contributed by atoms with van der Waals surface area (Å²) in [5.41, 5.74) is 3.02. The predicted octanol–water partition coefficient (Wildman–Crippen LogP) is 3.10. The number of thiazole rings is 1. The summed E-state index contributed by atoms with van der Waals surface area (Å²) in [5.74, 6) is -0.853. The third kappa shape index (κ3) is 2.96. The van der Waals surface area contributed by atoms with Crippen LogP contribution < -0.4 is 5.43 Å². The van der Waals surface area contributed by atoms with E-state index < -0.39 is 11.4 Å². The van der Waals surface area contributed by atoms with Crippen LogP contribution in [0, 0.1) is 0 Å². The number of carboxylic acid groups (broad SMARTS) is 1. The van der Waals surface area contributed by atoms with E-state index in [1.54, 1.807) is 13.8 Å². The third-order valence-corrected chi connectivity index (χ3v) is 4.84. The molecule has 0 saturated carbocycles. The lowest BCUT2D eigenvalue weighted by Crippen LogP contribution is -2.47. The van der Waals surface area contributed by atoms with Crippen molar-refractivity contribution in [1.29, 1.82) is 0 Å². The van der Waals surface area contributed by atoms with E-state index in [-0.39, 0.29) is 0 Å². The molecule has 6 heteroatoms. The summed E-state index contributed by atoms with van der Waals surface area (Å²) in [4.78, 5) is 15.7. The van der Waals surface area contributed by atoms with Gasteiger partial charge in [-0.05, 0) is 40.5 Å². The number of anilines is 1. The van der Waals surface area contributed by atoms with Crippen LogP contribution in [0.15, 0.2) is 5.38 Å². The topological polar surface area (TPSA) is 65.5 Å². The zero-order valence-corrected chi connectivity index (χ0v) is 13.3. The van der Waals surface area contributed by atoms with Crippen molar-refractivity contribution < 1.29 is 9.90 Å². The van der Waals surface area contributed by atoms with Crippen LogP contribution in [0.2, 0.25) is 0 Å². The minimum Gasteiger partial charge on any atom is -0.481 e. The van der Waals surface area contributed by atoms with Gasteiger partial charge in [-0.1, -0.05) is 6.42 Å². The van der Waals surface area contributed by atoms with Crippen molar-refractivity contribution in [3.05, 3.63) is 11.1 Å². The molecule has 1 aliphatic heterocycles. The van der Waals surface area contributed by atoms with Crippen LogP contribution in [0.5, 0.6) is 0 Å². The largest absolute Gasteiger partial charge is 0.481 e. The van der Waals surface area contributed by atoms with Gasteiger partial charge in [0.25, 0.3) is 0 Å². The van der Waals surface area contributed by atoms with Crippen LogP contribution in [0.4, 0.5) is 5.13 Å². The fraction of sp³-hybridized carbons (Fsp3) is 0.714. The fourth-order valence-corrected chi connectivity index (χ4v) is 3.35. The summed E-state index contributed by atoms with van der Waals surface area (Å²) >= 11 is 1.46. The summed E-state index contributed by atoms with van der Waals surface area (Å²) < 4.78 is 0. The number of nitrogens with one attached hydrogen (secondary N) is 1. The first-order valence-corrected chi connectivity index (χ1v) is 7.94. The maximum atomic E-state index is 11.3. The molecule has 2 heterocycles. The predicted molar refractivity (Wildman–Crippen MR) is 81.0 cm³/mol. The fourth-order valence-electron chi connectivity index (χ4n) is 2.47. The molecule has 2 N–H and O–H groups in total. The number of rotatable bonds is 4. The van der Waals surface area contributed by atoms with Gasteiger partial charge in [-0.3, -0.25) is 10.2 Å². The SMILES string of the molecule is CC1CCCC(C)N1Nc1nc(C(C)(C)C(=O)O)cs1. The van der Waals surface area contributed by atoms with Gasteiger partial charge in [-0.15, -0.1) is 11.3 Å². The zero-order chi connectivity index (χ0) is 14.9. The molecule has 0 radical (unpaired) electrons. The molecule has 0 aromatic carbocycles. The van der Waals surface area contributed by atoms with Crippen LogP contribution in [0.3, 0.4) is 0 Å². The summed E-state index contributed by atoms with van der Waals surface area (Å²) in [6, 6.07) is 0.942. The minimum absolute atomic E-state index is 0.471. The molecule has 1 fully saturated rings. The lowest BCUT2D eigenvalue weighted by atomic mass is 9.90. The first kappa shape index (κ1) is 15.3. The second kappa shape index (κ2) is 5.69. The average molecular weight is 297 g/mol. The smallest absolute Gasteiger partial charge is 0.315 e. The molecule has 20 heavy (non-hydrogen) atoms. The molecular weight excluding hydrogens is 274 g/mol. The van der Waals surface area contributed by atoms with Crippen molar-refractivity contribution in [3.8, 4) is 0 Å². The van der Waals surface area contributed by atoms with Gasteiger partial charge in [-0.2, -0.15) is 0 Å². The van der Waals surface area contributed by atoms with Crippen molar-refractivity contribution in [2.45, 2.75) is 64.5 Å². The highest BCUT2D eigenvalue weighted by molar-refractivity contribution is 7.13. The Hall–Kier alpha value is -1.14. The number of hydrogen-bond acceptors (Lipinski definition) is 5. The van der Waals surface area contributed by atoms with Crippen molar-refractivity contribution >= 4 is 22.4 Å². The van der Waals surface area contributed by atoms with Crippen molar-refractivity contribution in [3.63, 3.8) is 0 Å². The average Bonchev–Trinajstić information content (AvgIpc) is 2.83.